The summed E-state index contributed by atoms with van der Waals surface area (Å²) < 4.78 is 19.6. The van der Waals surface area contributed by atoms with E-state index in [1.54, 1.807) is 12.1 Å². The molecular formula is C27H18FN3O. The van der Waals surface area contributed by atoms with E-state index >= 15 is 0 Å². The number of fused-ring (bicyclic) bond motifs is 2. The zero-order valence-electron chi connectivity index (χ0n) is 17.0. The van der Waals surface area contributed by atoms with E-state index < -0.39 is 0 Å². The van der Waals surface area contributed by atoms with Crippen LogP contribution >= 0.6 is 0 Å². The Hall–Kier alpha value is -4.43. The number of halogens is 1. The number of H-pyrrole nitrogens is 1. The second kappa shape index (κ2) is 8.37. The molecule has 0 unspecified atom stereocenters. The lowest BCUT2D eigenvalue weighted by Gasteiger charge is -2.10. The number of benzene rings is 4. The zero-order valence-corrected chi connectivity index (χ0v) is 17.0. The van der Waals surface area contributed by atoms with Crippen molar-refractivity contribution in [3.05, 3.63) is 108 Å². The first kappa shape index (κ1) is 19.5. The number of imidazole rings is 1. The second-order valence-corrected chi connectivity index (χ2v) is 7.42. The summed E-state index contributed by atoms with van der Waals surface area (Å²) in [6.45, 7) is 0.404. The van der Waals surface area contributed by atoms with Crippen LogP contribution < -0.4 is 4.74 Å². The van der Waals surface area contributed by atoms with Crippen LogP contribution in [0.25, 0.3) is 33.5 Å². The van der Waals surface area contributed by atoms with Crippen LogP contribution in [0, 0.1) is 17.1 Å². The summed E-state index contributed by atoms with van der Waals surface area (Å²) in [5.74, 6) is 0.690. The number of ether oxygens (including phenoxy) is 1. The number of allylic oxidation sites excluding steroid dienone is 1. The molecule has 32 heavy (non-hydrogen) atoms. The van der Waals surface area contributed by atoms with E-state index in [1.165, 1.54) is 17.5 Å². The molecule has 4 aromatic carbocycles. The minimum absolute atomic E-state index is 0.336. The molecule has 0 atom stereocenters. The number of hydrogen-bond acceptors (Lipinski definition) is 3. The lowest BCUT2D eigenvalue weighted by atomic mass is 10.1. The van der Waals surface area contributed by atoms with Gasteiger partial charge in [-0.2, -0.15) is 5.26 Å². The van der Waals surface area contributed by atoms with Gasteiger partial charge in [0.15, 0.2) is 0 Å². The maximum atomic E-state index is 13.5. The summed E-state index contributed by atoms with van der Waals surface area (Å²) in [6.07, 6.45) is 1.73. The van der Waals surface area contributed by atoms with Gasteiger partial charge in [0.1, 0.15) is 30.1 Å². The van der Waals surface area contributed by atoms with Crippen molar-refractivity contribution in [2.24, 2.45) is 0 Å². The summed E-state index contributed by atoms with van der Waals surface area (Å²) in [5.41, 5.74) is 3.30. The molecule has 5 rings (SSSR count). The number of aromatic nitrogens is 2. The Morgan fingerprint density at radius 3 is 2.66 bits per heavy atom. The summed E-state index contributed by atoms with van der Waals surface area (Å²) in [6, 6.07) is 28.4. The van der Waals surface area contributed by atoms with Crippen LogP contribution in [0.1, 0.15) is 17.0 Å². The number of hydrogen-bond donors (Lipinski definition) is 1. The van der Waals surface area contributed by atoms with Crippen molar-refractivity contribution in [3.63, 3.8) is 0 Å². The molecule has 0 fully saturated rings. The smallest absolute Gasteiger partial charge is 0.149 e. The van der Waals surface area contributed by atoms with Crippen LogP contribution in [0.2, 0.25) is 0 Å². The molecule has 0 amide bonds. The molecule has 1 N–H and O–H groups in total. The van der Waals surface area contributed by atoms with Gasteiger partial charge in [-0.3, -0.25) is 0 Å². The molecule has 0 radical (unpaired) electrons. The van der Waals surface area contributed by atoms with E-state index in [9.17, 15) is 9.65 Å². The lowest BCUT2D eigenvalue weighted by Crippen LogP contribution is -1.97. The first-order chi connectivity index (χ1) is 15.7. The van der Waals surface area contributed by atoms with Gasteiger partial charge in [0, 0.05) is 5.56 Å². The number of nitrogens with zero attached hydrogens (tertiary/aromatic N) is 2. The first-order valence-electron chi connectivity index (χ1n) is 10.2. The molecule has 0 aliphatic heterocycles. The predicted molar refractivity (Wildman–Crippen MR) is 124 cm³/mol. The number of nitriles is 1. The minimum Gasteiger partial charge on any atom is -0.488 e. The van der Waals surface area contributed by atoms with Crippen molar-refractivity contribution in [1.82, 2.24) is 9.97 Å². The van der Waals surface area contributed by atoms with Gasteiger partial charge in [-0.15, -0.1) is 0 Å². The third kappa shape index (κ3) is 3.94. The normalized spacial score (nSPS) is 11.6. The fraction of sp³-hybridized carbons (Fsp3) is 0.0370. The average molecular weight is 419 g/mol. The van der Waals surface area contributed by atoms with E-state index in [-0.39, 0.29) is 5.82 Å². The Balaban J connectivity index is 1.43. The van der Waals surface area contributed by atoms with E-state index in [2.05, 4.69) is 46.4 Å². The highest BCUT2D eigenvalue weighted by molar-refractivity contribution is 5.91. The third-order valence-electron chi connectivity index (χ3n) is 5.25. The lowest BCUT2D eigenvalue weighted by molar-refractivity contribution is 0.306. The van der Waals surface area contributed by atoms with Crippen LogP contribution in [0.3, 0.4) is 0 Å². The zero-order chi connectivity index (χ0) is 21.9. The molecule has 0 bridgehead atoms. The second-order valence-electron chi connectivity index (χ2n) is 7.42. The van der Waals surface area contributed by atoms with Crippen LogP contribution in [0.5, 0.6) is 5.75 Å². The van der Waals surface area contributed by atoms with E-state index in [0.29, 0.717) is 34.8 Å². The minimum atomic E-state index is -0.359. The SMILES string of the molecule is N#C/C(=C/c1ccccc1OCc1ccc2ccccc2c1)c1nc2ccc(F)cc2[nH]1. The Kier molecular flexibility index (Phi) is 5.11. The van der Waals surface area contributed by atoms with Crippen LogP contribution in [0.4, 0.5) is 4.39 Å². The van der Waals surface area contributed by atoms with Crippen LogP contribution in [0.15, 0.2) is 84.9 Å². The maximum absolute atomic E-state index is 13.5. The van der Waals surface area contributed by atoms with Crippen molar-refractivity contribution in [2.75, 3.05) is 0 Å². The Bertz CT molecular complexity index is 1510. The molecule has 0 aliphatic rings. The van der Waals surface area contributed by atoms with Gasteiger partial charge in [-0.25, -0.2) is 9.37 Å². The van der Waals surface area contributed by atoms with Gasteiger partial charge in [0.25, 0.3) is 0 Å². The molecule has 0 saturated carbocycles. The van der Waals surface area contributed by atoms with Crippen molar-refractivity contribution in [1.29, 1.82) is 5.26 Å². The maximum Gasteiger partial charge on any atom is 0.149 e. The van der Waals surface area contributed by atoms with Crippen molar-refractivity contribution >= 4 is 33.5 Å². The average Bonchev–Trinajstić information content (AvgIpc) is 3.24. The third-order valence-corrected chi connectivity index (χ3v) is 5.25. The highest BCUT2D eigenvalue weighted by Crippen LogP contribution is 2.26. The van der Waals surface area contributed by atoms with Crippen LogP contribution in [-0.4, -0.2) is 9.97 Å². The largest absolute Gasteiger partial charge is 0.488 e. The monoisotopic (exact) mass is 419 g/mol. The summed E-state index contributed by atoms with van der Waals surface area (Å²) in [4.78, 5) is 7.44. The fourth-order valence-electron chi connectivity index (χ4n) is 3.64. The Morgan fingerprint density at radius 1 is 0.969 bits per heavy atom. The van der Waals surface area contributed by atoms with Crippen molar-refractivity contribution < 1.29 is 9.13 Å². The standard InChI is InChI=1S/C27H18FN3O/c28-23-11-12-24-25(15-23)31-27(30-24)22(16-29)14-21-7-3-4-8-26(21)32-17-18-9-10-19-5-1-2-6-20(19)13-18/h1-15H,17H2,(H,30,31)/b22-14-. The van der Waals surface area contributed by atoms with Crippen molar-refractivity contribution in [2.45, 2.75) is 6.61 Å². The number of para-hydroxylation sites is 1. The van der Waals surface area contributed by atoms with Gasteiger partial charge in [-0.05, 0) is 52.7 Å². The van der Waals surface area contributed by atoms with E-state index in [0.717, 1.165) is 16.5 Å². The van der Waals surface area contributed by atoms with E-state index in [1.807, 2.05) is 36.4 Å². The molecule has 0 aliphatic carbocycles. The van der Waals surface area contributed by atoms with Gasteiger partial charge in [-0.1, -0.05) is 54.6 Å². The van der Waals surface area contributed by atoms with Gasteiger partial charge in [0.05, 0.1) is 16.6 Å². The predicted octanol–water partition coefficient (Wildman–Crippen LogP) is 6.50. The van der Waals surface area contributed by atoms with E-state index in [4.69, 9.17) is 4.74 Å². The summed E-state index contributed by atoms with van der Waals surface area (Å²) in [5, 5.41) is 12.1. The highest BCUT2D eigenvalue weighted by Gasteiger charge is 2.10. The van der Waals surface area contributed by atoms with Crippen LogP contribution in [-0.2, 0) is 6.61 Å². The molecule has 4 nitrogen and oxygen atoms in total. The number of rotatable bonds is 5. The summed E-state index contributed by atoms with van der Waals surface area (Å²) in [7, 11) is 0. The fourth-order valence-corrected chi connectivity index (χ4v) is 3.64. The highest BCUT2D eigenvalue weighted by atomic mass is 19.1. The quantitative estimate of drug-likeness (QED) is 0.331. The Labute approximate surface area is 184 Å². The molecule has 0 spiro atoms. The van der Waals surface area contributed by atoms with Gasteiger partial charge in [0.2, 0.25) is 0 Å². The first-order valence-corrected chi connectivity index (χ1v) is 10.2. The molecule has 0 saturated heterocycles. The molecule has 1 heterocycles. The topological polar surface area (TPSA) is 61.7 Å². The molecular weight excluding hydrogens is 401 g/mol. The van der Waals surface area contributed by atoms with Gasteiger partial charge >= 0.3 is 0 Å². The Morgan fingerprint density at radius 2 is 1.78 bits per heavy atom. The summed E-state index contributed by atoms with van der Waals surface area (Å²) >= 11 is 0. The van der Waals surface area contributed by atoms with Gasteiger partial charge < -0.3 is 9.72 Å². The molecule has 5 heteroatoms. The number of nitrogens with one attached hydrogen (secondary N) is 1. The van der Waals surface area contributed by atoms with Crippen molar-refractivity contribution in [3.8, 4) is 11.8 Å². The molecule has 5 aromatic rings. The molecule has 1 aromatic heterocycles. The number of aromatic amines is 1. The molecule has 154 valence electrons.